The fourth-order valence-electron chi connectivity index (χ4n) is 1.76. The van der Waals surface area contributed by atoms with E-state index >= 15 is 0 Å². The topological polar surface area (TPSA) is 84.4 Å². The molecule has 0 fully saturated rings. The number of carboxylic acids is 1. The number of aromatic nitrogens is 2. The Balaban J connectivity index is 1.85. The number of ether oxygens (including phenoxy) is 2. The summed E-state index contributed by atoms with van der Waals surface area (Å²) >= 11 is 0. The van der Waals surface area contributed by atoms with Crippen molar-refractivity contribution in [1.29, 1.82) is 0 Å². The number of rotatable bonds is 2. The number of benzene rings is 1. The molecular weight excluding hydrogens is 236 g/mol. The molecule has 0 radical (unpaired) electrons. The molecule has 0 aliphatic carbocycles. The van der Waals surface area contributed by atoms with Gasteiger partial charge in [-0.3, -0.25) is 0 Å². The summed E-state index contributed by atoms with van der Waals surface area (Å²) in [4.78, 5) is 17.4. The lowest BCUT2D eigenvalue weighted by Gasteiger charge is -2.24. The van der Waals surface area contributed by atoms with Crippen LogP contribution in [0.15, 0.2) is 30.5 Å². The maximum absolute atomic E-state index is 10.8. The van der Waals surface area contributed by atoms with Gasteiger partial charge in [-0.25, -0.2) is 9.78 Å². The Morgan fingerprint density at radius 3 is 2.89 bits per heavy atom. The number of hydrogen-bond acceptors (Lipinski definition) is 4. The highest BCUT2D eigenvalue weighted by Crippen LogP contribution is 2.34. The normalized spacial score (nSPS) is 17.4. The van der Waals surface area contributed by atoms with E-state index in [-0.39, 0.29) is 5.69 Å². The van der Waals surface area contributed by atoms with Crippen molar-refractivity contribution in [3.8, 4) is 11.5 Å². The third-order valence-corrected chi connectivity index (χ3v) is 2.64. The van der Waals surface area contributed by atoms with Gasteiger partial charge in [-0.1, -0.05) is 12.1 Å². The molecule has 1 aromatic heterocycles. The molecular formula is C12H10N2O4. The zero-order chi connectivity index (χ0) is 12.5. The minimum Gasteiger partial charge on any atom is -0.485 e. The van der Waals surface area contributed by atoms with Gasteiger partial charge in [0.2, 0.25) is 0 Å². The first-order valence-electron chi connectivity index (χ1n) is 5.41. The van der Waals surface area contributed by atoms with Gasteiger partial charge in [-0.15, -0.1) is 0 Å². The molecule has 1 unspecified atom stereocenters. The van der Waals surface area contributed by atoms with Gasteiger partial charge in [-0.2, -0.15) is 0 Å². The number of carboxylic acid groups (broad SMARTS) is 1. The second-order valence-electron chi connectivity index (χ2n) is 3.85. The van der Waals surface area contributed by atoms with E-state index in [0.717, 1.165) is 0 Å². The second-order valence-corrected chi connectivity index (χ2v) is 3.85. The van der Waals surface area contributed by atoms with Crippen LogP contribution in [0.2, 0.25) is 0 Å². The highest BCUT2D eigenvalue weighted by Gasteiger charge is 2.25. The Labute approximate surface area is 102 Å². The van der Waals surface area contributed by atoms with Crippen molar-refractivity contribution in [3.05, 3.63) is 42.0 Å². The molecule has 2 heterocycles. The summed E-state index contributed by atoms with van der Waals surface area (Å²) in [5, 5.41) is 8.81. The van der Waals surface area contributed by atoms with Gasteiger partial charge < -0.3 is 19.6 Å². The molecule has 1 aliphatic rings. The van der Waals surface area contributed by atoms with Gasteiger partial charge in [0.25, 0.3) is 0 Å². The molecule has 18 heavy (non-hydrogen) atoms. The molecule has 0 saturated heterocycles. The first-order valence-corrected chi connectivity index (χ1v) is 5.41. The lowest BCUT2D eigenvalue weighted by molar-refractivity contribution is 0.0687. The molecule has 0 amide bonds. The molecule has 1 aliphatic heterocycles. The molecule has 0 spiro atoms. The number of imidazole rings is 1. The van der Waals surface area contributed by atoms with E-state index in [1.165, 1.54) is 6.20 Å². The summed E-state index contributed by atoms with van der Waals surface area (Å²) in [6, 6.07) is 7.31. The zero-order valence-corrected chi connectivity index (χ0v) is 9.29. The standard InChI is InChI=1S/C12H10N2O4/c15-12(16)7-5-13-11(14-7)10-6-17-8-3-1-2-4-9(8)18-10/h1-5,10H,6H2,(H,13,14)(H,15,16). The SMILES string of the molecule is O=C(O)c1cnc(C2COc3ccccc3O2)[nH]1. The molecule has 0 bridgehead atoms. The van der Waals surface area contributed by atoms with Crippen molar-refractivity contribution in [2.24, 2.45) is 0 Å². The van der Waals surface area contributed by atoms with Crippen LogP contribution in [-0.2, 0) is 0 Å². The molecule has 92 valence electrons. The largest absolute Gasteiger partial charge is 0.485 e. The number of nitrogens with zero attached hydrogens (tertiary/aromatic N) is 1. The fraction of sp³-hybridized carbons (Fsp3) is 0.167. The summed E-state index contributed by atoms with van der Waals surface area (Å²) < 4.78 is 11.2. The average molecular weight is 246 g/mol. The first-order chi connectivity index (χ1) is 8.74. The van der Waals surface area contributed by atoms with Gasteiger partial charge in [-0.05, 0) is 12.1 Å². The maximum atomic E-state index is 10.8. The highest BCUT2D eigenvalue weighted by atomic mass is 16.6. The number of H-pyrrole nitrogens is 1. The summed E-state index contributed by atoms with van der Waals surface area (Å²) in [5.74, 6) is 0.702. The molecule has 0 saturated carbocycles. The van der Waals surface area contributed by atoms with E-state index in [2.05, 4.69) is 9.97 Å². The first kappa shape index (κ1) is 10.6. The third kappa shape index (κ3) is 1.77. The number of hydrogen-bond donors (Lipinski definition) is 2. The average Bonchev–Trinajstić information content (AvgIpc) is 2.88. The van der Waals surface area contributed by atoms with E-state index in [4.69, 9.17) is 14.6 Å². The lowest BCUT2D eigenvalue weighted by atomic mass is 10.2. The van der Waals surface area contributed by atoms with E-state index in [0.29, 0.717) is 23.9 Å². The smallest absolute Gasteiger partial charge is 0.353 e. The van der Waals surface area contributed by atoms with E-state index in [1.807, 2.05) is 18.2 Å². The van der Waals surface area contributed by atoms with E-state index in [1.54, 1.807) is 6.07 Å². The van der Waals surface area contributed by atoms with Crippen LogP contribution in [0.3, 0.4) is 0 Å². The number of fused-ring (bicyclic) bond motifs is 1. The van der Waals surface area contributed by atoms with Crippen LogP contribution in [0, 0.1) is 0 Å². The van der Waals surface area contributed by atoms with E-state index < -0.39 is 12.1 Å². The molecule has 3 rings (SSSR count). The fourth-order valence-corrected chi connectivity index (χ4v) is 1.76. The highest BCUT2D eigenvalue weighted by molar-refractivity contribution is 5.85. The van der Waals surface area contributed by atoms with Crippen molar-refractivity contribution >= 4 is 5.97 Å². The van der Waals surface area contributed by atoms with Gasteiger partial charge in [0.1, 0.15) is 12.3 Å². The summed E-state index contributed by atoms with van der Waals surface area (Å²) in [6.07, 6.45) is 0.842. The van der Waals surface area contributed by atoms with Crippen LogP contribution in [0.25, 0.3) is 0 Å². The predicted octanol–water partition coefficient (Wildman–Crippen LogP) is 1.62. The minimum atomic E-state index is -1.05. The second kappa shape index (κ2) is 4.06. The van der Waals surface area contributed by atoms with Crippen LogP contribution >= 0.6 is 0 Å². The van der Waals surface area contributed by atoms with Crippen molar-refractivity contribution in [2.45, 2.75) is 6.10 Å². The molecule has 6 heteroatoms. The Bertz CT molecular complexity index is 593. The van der Waals surface area contributed by atoms with Gasteiger partial charge >= 0.3 is 5.97 Å². The van der Waals surface area contributed by atoms with Gasteiger partial charge in [0.05, 0.1) is 6.20 Å². The van der Waals surface area contributed by atoms with Crippen LogP contribution in [-0.4, -0.2) is 27.7 Å². The van der Waals surface area contributed by atoms with Gasteiger partial charge in [0.15, 0.2) is 23.4 Å². The van der Waals surface area contributed by atoms with Gasteiger partial charge in [0, 0.05) is 0 Å². The summed E-state index contributed by atoms with van der Waals surface area (Å²) in [7, 11) is 0. The van der Waals surface area contributed by atoms with Crippen LogP contribution in [0.4, 0.5) is 0 Å². The minimum absolute atomic E-state index is 0.0347. The van der Waals surface area contributed by atoms with Crippen molar-refractivity contribution in [1.82, 2.24) is 9.97 Å². The molecule has 1 aromatic carbocycles. The Hall–Kier alpha value is -2.50. The monoisotopic (exact) mass is 246 g/mol. The van der Waals surface area contributed by atoms with Crippen LogP contribution in [0.5, 0.6) is 11.5 Å². The molecule has 6 nitrogen and oxygen atoms in total. The van der Waals surface area contributed by atoms with Crippen molar-refractivity contribution in [2.75, 3.05) is 6.61 Å². The molecule has 1 atom stereocenters. The maximum Gasteiger partial charge on any atom is 0.353 e. The quantitative estimate of drug-likeness (QED) is 0.841. The Kier molecular flexibility index (Phi) is 2.40. The van der Waals surface area contributed by atoms with Crippen molar-refractivity contribution in [3.63, 3.8) is 0 Å². The van der Waals surface area contributed by atoms with Crippen LogP contribution < -0.4 is 9.47 Å². The summed E-state index contributed by atoms with van der Waals surface area (Å²) in [6.45, 7) is 0.295. The number of aromatic carboxylic acids is 1. The number of nitrogens with one attached hydrogen (secondary N) is 1. The number of carbonyl (C=O) groups is 1. The lowest BCUT2D eigenvalue weighted by Crippen LogP contribution is -2.22. The van der Waals surface area contributed by atoms with Crippen molar-refractivity contribution < 1.29 is 19.4 Å². The molecule has 2 aromatic rings. The number of para-hydroxylation sites is 2. The molecule has 2 N–H and O–H groups in total. The Morgan fingerprint density at radius 2 is 2.17 bits per heavy atom. The van der Waals surface area contributed by atoms with Crippen LogP contribution in [0.1, 0.15) is 22.4 Å². The Morgan fingerprint density at radius 1 is 1.39 bits per heavy atom. The number of aromatic amines is 1. The zero-order valence-electron chi connectivity index (χ0n) is 9.29. The van der Waals surface area contributed by atoms with E-state index in [9.17, 15) is 4.79 Å². The summed E-state index contributed by atoms with van der Waals surface area (Å²) in [5.41, 5.74) is 0.0347. The third-order valence-electron chi connectivity index (χ3n) is 2.64. The predicted molar refractivity (Wildman–Crippen MR) is 60.9 cm³/mol.